The number of pyridine rings is 1. The van der Waals surface area contributed by atoms with Crippen LogP contribution in [0.5, 0.6) is 0 Å². The third-order valence-electron chi connectivity index (χ3n) is 17.0. The number of nitrogens with one attached hydrogen (secondary N) is 2. The van der Waals surface area contributed by atoms with Gasteiger partial charge in [-0.1, -0.05) is 47.0 Å². The van der Waals surface area contributed by atoms with Gasteiger partial charge in [0.25, 0.3) is 5.91 Å². The number of carbonyl (C=O) groups is 2. The van der Waals surface area contributed by atoms with E-state index in [4.69, 9.17) is 10.1 Å². The molecule has 3 aromatic heterocycles. The second-order valence-electron chi connectivity index (χ2n) is 20.7. The van der Waals surface area contributed by atoms with E-state index in [-0.39, 0.29) is 35.4 Å². The molecule has 9 rings (SSSR count). The smallest absolute Gasteiger partial charge is 0.303 e. The SMILES string of the molecule is CN(C)C(=O)c1cc2cnc(Nc3ccc(N4CCNCC4)cn3)nc2n1C1CCCC1.C[C@@H]1CC[C@@]2(C)[C@@H](C1)C[C@@H](O)[C@@H]1[C@@H]2C[C@H](O)[C@]2(C)[C@@H]([C@H](C)CCC(=O)O)CC[C@@H]12. The van der Waals surface area contributed by atoms with Crippen LogP contribution in [-0.2, 0) is 4.79 Å². The van der Waals surface area contributed by atoms with Gasteiger partial charge in [0.15, 0.2) is 0 Å². The number of amides is 1. The van der Waals surface area contributed by atoms with Crippen molar-refractivity contribution < 1.29 is 24.9 Å². The van der Waals surface area contributed by atoms with E-state index in [0.717, 1.165) is 87.3 Å². The number of carboxylic acids is 1. The molecular weight excluding hydrogens is 769 g/mol. The van der Waals surface area contributed by atoms with Crippen LogP contribution in [0.15, 0.2) is 30.6 Å². The summed E-state index contributed by atoms with van der Waals surface area (Å²) in [6.45, 7) is 13.2. The fourth-order valence-corrected chi connectivity index (χ4v) is 13.6. The van der Waals surface area contributed by atoms with Gasteiger partial charge < -0.3 is 40.3 Å². The minimum Gasteiger partial charge on any atom is -0.481 e. The lowest BCUT2D eigenvalue weighted by atomic mass is 9.42. The van der Waals surface area contributed by atoms with Crippen molar-refractivity contribution in [3.63, 3.8) is 0 Å². The molecule has 1 saturated heterocycles. The molecule has 6 fully saturated rings. The van der Waals surface area contributed by atoms with Gasteiger partial charge in [0.05, 0.1) is 24.1 Å². The number of aliphatic hydroxyl groups excluding tert-OH is 2. The third kappa shape index (κ3) is 8.40. The van der Waals surface area contributed by atoms with E-state index in [1.54, 1.807) is 25.2 Å². The van der Waals surface area contributed by atoms with Crippen molar-refractivity contribution in [3.05, 3.63) is 36.3 Å². The minimum atomic E-state index is -0.728. The summed E-state index contributed by atoms with van der Waals surface area (Å²) < 4.78 is 2.12. The number of fused-ring (bicyclic) bond motifs is 6. The number of nitrogens with zero attached hydrogens (tertiary/aromatic N) is 6. The molecule has 0 aromatic carbocycles. The molecule has 4 heterocycles. The number of hydrogen-bond donors (Lipinski definition) is 5. The topological polar surface area (TPSA) is 169 Å². The molecule has 0 bridgehead atoms. The molecule has 0 radical (unpaired) electrons. The van der Waals surface area contributed by atoms with Crippen LogP contribution in [0.1, 0.15) is 128 Å². The normalized spacial score (nSPS) is 34.1. The predicted molar refractivity (Wildman–Crippen MR) is 239 cm³/mol. The molecule has 1 aliphatic heterocycles. The zero-order valence-corrected chi connectivity index (χ0v) is 37.5. The van der Waals surface area contributed by atoms with E-state index in [9.17, 15) is 19.8 Å². The molecule has 5 aliphatic carbocycles. The van der Waals surface area contributed by atoms with Crippen molar-refractivity contribution in [2.45, 2.75) is 129 Å². The van der Waals surface area contributed by atoms with Crippen LogP contribution in [0.3, 0.4) is 0 Å². The number of hydrogen-bond acceptors (Lipinski definition) is 10. The molecule has 1 amide bonds. The second-order valence-corrected chi connectivity index (χ2v) is 20.7. The van der Waals surface area contributed by atoms with Crippen LogP contribution in [0.2, 0.25) is 0 Å². The summed E-state index contributed by atoms with van der Waals surface area (Å²) in [7, 11) is 3.57. The monoisotopic (exact) mass is 841 g/mol. The highest BCUT2D eigenvalue weighted by Crippen LogP contribution is 2.68. The van der Waals surface area contributed by atoms with Crippen LogP contribution in [0.4, 0.5) is 17.5 Å². The highest BCUT2D eigenvalue weighted by atomic mass is 16.4. The highest BCUT2D eigenvalue weighted by Gasteiger charge is 2.65. The quantitative estimate of drug-likeness (QED) is 0.145. The lowest BCUT2D eigenvalue weighted by molar-refractivity contribution is -0.203. The van der Waals surface area contributed by atoms with Crippen LogP contribution in [0.25, 0.3) is 11.0 Å². The average molecular weight is 841 g/mol. The molecule has 3 aromatic rings. The Morgan fingerprint density at radius 2 is 1.74 bits per heavy atom. The zero-order chi connectivity index (χ0) is 43.2. The molecule has 5 saturated carbocycles. The fraction of sp³-hybridized carbons (Fsp3) is 0.729. The third-order valence-corrected chi connectivity index (χ3v) is 17.0. The maximum absolute atomic E-state index is 12.9. The van der Waals surface area contributed by atoms with E-state index in [0.29, 0.717) is 65.4 Å². The molecule has 0 spiro atoms. The number of piperazine rings is 1. The lowest BCUT2D eigenvalue weighted by Crippen LogP contribution is -2.62. The van der Waals surface area contributed by atoms with Crippen molar-refractivity contribution in [1.82, 2.24) is 29.7 Å². The van der Waals surface area contributed by atoms with Gasteiger partial charge in [0, 0.05) is 64.3 Å². The van der Waals surface area contributed by atoms with Crippen molar-refractivity contribution in [3.8, 4) is 0 Å². The summed E-state index contributed by atoms with van der Waals surface area (Å²) in [5.74, 6) is 3.53. The Morgan fingerprint density at radius 3 is 2.43 bits per heavy atom. The maximum atomic E-state index is 12.9. The number of carboxylic acid groups (broad SMARTS) is 1. The van der Waals surface area contributed by atoms with Crippen molar-refractivity contribution in [2.75, 3.05) is 50.5 Å². The van der Waals surface area contributed by atoms with E-state index in [1.807, 2.05) is 18.3 Å². The van der Waals surface area contributed by atoms with Gasteiger partial charge in [-0.25, -0.2) is 9.97 Å². The first-order valence-electron chi connectivity index (χ1n) is 23.5. The van der Waals surface area contributed by atoms with E-state index >= 15 is 0 Å². The Hall–Kier alpha value is -3.81. The molecule has 334 valence electrons. The largest absolute Gasteiger partial charge is 0.481 e. The maximum Gasteiger partial charge on any atom is 0.303 e. The van der Waals surface area contributed by atoms with E-state index in [1.165, 1.54) is 32.1 Å². The lowest BCUT2D eigenvalue weighted by Gasteiger charge is -2.63. The molecule has 5 N–H and O–H groups in total. The Morgan fingerprint density at radius 1 is 0.984 bits per heavy atom. The molecular formula is C48H72N8O5. The Bertz CT molecular complexity index is 2010. The second kappa shape index (κ2) is 17.8. The van der Waals surface area contributed by atoms with Crippen LogP contribution >= 0.6 is 0 Å². The fourth-order valence-electron chi connectivity index (χ4n) is 13.6. The number of rotatable bonds is 9. The first-order valence-corrected chi connectivity index (χ1v) is 23.5. The number of carbonyl (C=O) groups excluding carboxylic acids is 1. The summed E-state index contributed by atoms with van der Waals surface area (Å²) >= 11 is 0. The number of anilines is 3. The van der Waals surface area contributed by atoms with Gasteiger partial charge >= 0.3 is 5.97 Å². The molecule has 6 aliphatic rings. The molecule has 0 unspecified atom stereocenters. The van der Waals surface area contributed by atoms with Gasteiger partial charge in [0.2, 0.25) is 5.95 Å². The van der Waals surface area contributed by atoms with Crippen molar-refractivity contribution in [1.29, 1.82) is 0 Å². The summed E-state index contributed by atoms with van der Waals surface area (Å²) in [5, 5.41) is 39.5. The number of aliphatic carboxylic acids is 1. The van der Waals surface area contributed by atoms with Gasteiger partial charge in [-0.15, -0.1) is 0 Å². The van der Waals surface area contributed by atoms with Crippen molar-refractivity contribution >= 4 is 40.4 Å². The van der Waals surface area contributed by atoms with E-state index < -0.39 is 5.97 Å². The van der Waals surface area contributed by atoms with Crippen molar-refractivity contribution in [2.24, 2.45) is 52.3 Å². The van der Waals surface area contributed by atoms with Gasteiger partial charge in [-0.2, -0.15) is 4.98 Å². The van der Waals surface area contributed by atoms with Crippen LogP contribution < -0.4 is 15.5 Å². The summed E-state index contributed by atoms with van der Waals surface area (Å²) in [6, 6.07) is 6.25. The summed E-state index contributed by atoms with van der Waals surface area (Å²) in [5.41, 5.74) is 2.67. The van der Waals surface area contributed by atoms with Gasteiger partial charge in [-0.05, 0) is 128 Å². The number of aliphatic hydroxyl groups is 2. The predicted octanol–water partition coefficient (Wildman–Crippen LogP) is 7.52. The van der Waals surface area contributed by atoms with Crippen LogP contribution in [0, 0.1) is 52.3 Å². The zero-order valence-electron chi connectivity index (χ0n) is 37.5. The standard InChI is InChI=1S/C25H42O4.C23H30N8O/c1-14-9-10-24(3)16(11-14)12-20(26)23-18-7-6-17(15(2)5-8-22(28)29)25(18,4)21(27)13-19(23)24;1-29(2)22(32)19-13-16-14-26-23(28-21(16)31(19)17-5-3-4-6-17)27-20-8-7-18(15-25-20)30-11-9-24-10-12-30/h14-21,23,26-27H,5-13H2,1-4H3,(H,28,29);7-8,13-15,17,24H,3-6,9-12H2,1-2H3,(H,25,26,27,28)/t14-,15-,16+,17-,18+,19+,20-,21+,23+,24+,25-;/m1./s1. The van der Waals surface area contributed by atoms with E-state index in [2.05, 4.69) is 63.8 Å². The Labute approximate surface area is 362 Å². The Kier molecular flexibility index (Phi) is 12.8. The van der Waals surface area contributed by atoms with Crippen LogP contribution in [-0.4, -0.2) is 104 Å². The van der Waals surface area contributed by atoms with Gasteiger partial charge in [-0.3, -0.25) is 9.59 Å². The molecule has 11 atom stereocenters. The molecule has 13 nitrogen and oxygen atoms in total. The first-order chi connectivity index (χ1) is 29.2. The minimum absolute atomic E-state index is 0.00502. The number of aromatic nitrogens is 4. The summed E-state index contributed by atoms with van der Waals surface area (Å²) in [6.07, 6.45) is 16.1. The summed E-state index contributed by atoms with van der Waals surface area (Å²) in [4.78, 5) is 41.7. The molecule has 61 heavy (non-hydrogen) atoms. The van der Waals surface area contributed by atoms with Gasteiger partial charge in [0.1, 0.15) is 17.2 Å². The Balaban J connectivity index is 0.000000169. The first kappa shape index (κ1) is 43.8. The average Bonchev–Trinajstić information content (AvgIpc) is 4.00. The highest BCUT2D eigenvalue weighted by molar-refractivity contribution is 5.98. The molecule has 13 heteroatoms.